The highest BCUT2D eigenvalue weighted by Crippen LogP contribution is 2.47. The maximum Gasteiger partial charge on any atom is 0.136 e. The van der Waals surface area contributed by atoms with Gasteiger partial charge in [-0.05, 0) is 101 Å². The second-order valence-corrected chi connectivity index (χ2v) is 12.2. The van der Waals surface area contributed by atoms with Crippen molar-refractivity contribution in [3.8, 4) is 44.5 Å². The zero-order valence-electron chi connectivity index (χ0n) is 35.0. The predicted octanol–water partition coefficient (Wildman–Crippen LogP) is 13.7. The lowest BCUT2D eigenvalue weighted by Crippen LogP contribution is -1.92. The number of benzene rings is 9. The topological polar surface area (TPSA) is 13.1 Å². The summed E-state index contributed by atoms with van der Waals surface area (Å²) in [5, 5.41) is 7.68. The summed E-state index contributed by atoms with van der Waals surface area (Å²) in [7, 11) is 0. The average Bonchev–Trinajstić information content (AvgIpc) is 3.60. The van der Waals surface area contributed by atoms with Crippen molar-refractivity contribution < 1.29 is 16.8 Å². The van der Waals surface area contributed by atoms with Gasteiger partial charge in [0.15, 0.2) is 0 Å². The van der Waals surface area contributed by atoms with E-state index in [1.807, 2.05) is 60.7 Å². The van der Waals surface area contributed by atoms with Crippen LogP contribution in [0.3, 0.4) is 0 Å². The molecule has 0 spiro atoms. The van der Waals surface area contributed by atoms with Crippen LogP contribution in [0.15, 0.2) is 186 Å². The largest absolute Gasteiger partial charge is 0.456 e. The summed E-state index contributed by atoms with van der Waals surface area (Å²) in [6.45, 7) is 0. The number of hydrogen-bond acceptors (Lipinski definition) is 1. The van der Waals surface area contributed by atoms with Crippen LogP contribution < -0.4 is 0 Å². The molecule has 0 radical (unpaired) electrons. The molecule has 0 fully saturated rings. The quantitative estimate of drug-likeness (QED) is 0.176. The van der Waals surface area contributed by atoms with Crippen LogP contribution in [0, 0.1) is 0 Å². The lowest BCUT2D eigenvalue weighted by molar-refractivity contribution is 0.669. The molecule has 1 aromatic heterocycles. The highest BCUT2D eigenvalue weighted by Gasteiger charge is 2.20. The van der Waals surface area contributed by atoms with E-state index in [2.05, 4.69) is 42.5 Å². The molecular formula is C48H30O. The third-order valence-electron chi connectivity index (χ3n) is 9.46. The van der Waals surface area contributed by atoms with E-state index >= 15 is 0 Å². The molecule has 0 saturated carbocycles. The smallest absolute Gasteiger partial charge is 0.136 e. The molecule has 0 atom stereocenters. The second-order valence-electron chi connectivity index (χ2n) is 12.2. The Morgan fingerprint density at radius 1 is 0.347 bits per heavy atom. The van der Waals surface area contributed by atoms with Gasteiger partial charge in [0, 0.05) is 10.8 Å². The fourth-order valence-electron chi connectivity index (χ4n) is 7.24. The van der Waals surface area contributed by atoms with Crippen LogP contribution in [0.5, 0.6) is 0 Å². The monoisotopic (exact) mass is 631 g/mol. The highest BCUT2D eigenvalue weighted by atomic mass is 16.3. The van der Waals surface area contributed by atoms with Crippen molar-refractivity contribution in [2.75, 3.05) is 0 Å². The Hall–Kier alpha value is -6.44. The van der Waals surface area contributed by atoms with E-state index in [-0.39, 0.29) is 47.4 Å². The molecule has 0 bridgehead atoms. The molecule has 1 nitrogen and oxygen atoms in total. The van der Waals surface area contributed by atoms with Crippen LogP contribution in [-0.4, -0.2) is 0 Å². The highest BCUT2D eigenvalue weighted by molar-refractivity contribution is 6.23. The summed E-state index contributed by atoms with van der Waals surface area (Å²) < 4.78 is 84.1. The molecule has 10 rings (SSSR count). The van der Waals surface area contributed by atoms with E-state index in [9.17, 15) is 2.74 Å². The van der Waals surface area contributed by atoms with Gasteiger partial charge in [-0.1, -0.05) is 158 Å². The molecule has 0 N–H and O–H groups in total. The van der Waals surface area contributed by atoms with Gasteiger partial charge in [-0.3, -0.25) is 0 Å². The van der Waals surface area contributed by atoms with E-state index in [0.717, 1.165) is 65.4 Å². The third-order valence-corrected chi connectivity index (χ3v) is 9.46. The zero-order chi connectivity index (χ0) is 40.1. The summed E-state index contributed by atoms with van der Waals surface area (Å²) in [6, 6.07) is 38.0. The van der Waals surface area contributed by atoms with Crippen LogP contribution >= 0.6 is 0 Å². The van der Waals surface area contributed by atoms with Crippen LogP contribution in [0.2, 0.25) is 0 Å². The predicted molar refractivity (Wildman–Crippen MR) is 208 cm³/mol. The maximum atomic E-state index is 9.41. The summed E-state index contributed by atoms with van der Waals surface area (Å²) in [6.07, 6.45) is 0. The second kappa shape index (κ2) is 11.1. The first-order chi connectivity index (χ1) is 28.0. The number of hydrogen-bond donors (Lipinski definition) is 0. The summed E-state index contributed by atoms with van der Waals surface area (Å²) in [4.78, 5) is 0. The number of rotatable bonds is 4. The van der Waals surface area contributed by atoms with Crippen LogP contribution in [0.25, 0.3) is 98.8 Å². The molecule has 49 heavy (non-hydrogen) atoms. The molecule has 1 heterocycles. The van der Waals surface area contributed by atoms with E-state index in [0.29, 0.717) is 22.3 Å². The number of fused-ring (bicyclic) bond motifs is 6. The van der Waals surface area contributed by atoms with Crippen molar-refractivity contribution >= 4 is 54.3 Å². The van der Waals surface area contributed by atoms with E-state index in [1.165, 1.54) is 0 Å². The Morgan fingerprint density at radius 3 is 1.57 bits per heavy atom. The number of furan rings is 1. The van der Waals surface area contributed by atoms with E-state index < -0.39 is 18.1 Å². The Morgan fingerprint density at radius 2 is 0.878 bits per heavy atom. The van der Waals surface area contributed by atoms with Crippen molar-refractivity contribution in [3.05, 3.63) is 182 Å². The van der Waals surface area contributed by atoms with Gasteiger partial charge >= 0.3 is 0 Å². The van der Waals surface area contributed by atoms with Crippen molar-refractivity contribution in [2.24, 2.45) is 0 Å². The lowest BCUT2D eigenvalue weighted by atomic mass is 9.83. The first-order valence-electron chi connectivity index (χ1n) is 20.6. The van der Waals surface area contributed by atoms with Crippen molar-refractivity contribution in [1.82, 2.24) is 0 Å². The van der Waals surface area contributed by atoms with Gasteiger partial charge in [-0.25, -0.2) is 0 Å². The Balaban J connectivity index is 1.22. The maximum absolute atomic E-state index is 9.41. The van der Waals surface area contributed by atoms with Gasteiger partial charge in [0.05, 0.1) is 12.3 Å². The fourth-order valence-corrected chi connectivity index (χ4v) is 7.24. The van der Waals surface area contributed by atoms with Gasteiger partial charge in [-0.15, -0.1) is 0 Å². The molecule has 0 aliphatic carbocycles. The Bertz CT molecular complexity index is 3300. The average molecular weight is 632 g/mol. The minimum absolute atomic E-state index is 0.0505. The van der Waals surface area contributed by atoms with Gasteiger partial charge in [0.1, 0.15) is 11.2 Å². The third kappa shape index (κ3) is 4.47. The van der Waals surface area contributed by atoms with Gasteiger partial charge in [-0.2, -0.15) is 0 Å². The van der Waals surface area contributed by atoms with Crippen molar-refractivity contribution in [2.45, 2.75) is 0 Å². The minimum Gasteiger partial charge on any atom is -0.456 e. The molecule has 1 heteroatoms. The van der Waals surface area contributed by atoms with Crippen molar-refractivity contribution in [3.63, 3.8) is 0 Å². The standard InChI is InChI=1S/C48H30O/c1-2-12-31(13-3-1)32-22-24-33(25-23-32)37-16-6-7-17-39(37)48-42-20-10-8-18-40(42)47(41-19-9-11-21-43(41)48)36-26-27-38-44-28-34-14-4-5-15-35(34)29-46(44)49-45(38)30-36/h1-30H/i1D,2D,3D,6D,7D,12D,13D,16D,17D. The summed E-state index contributed by atoms with van der Waals surface area (Å²) >= 11 is 0. The first-order valence-corrected chi connectivity index (χ1v) is 16.1. The molecular weight excluding hydrogens is 593 g/mol. The molecule has 0 aliphatic heterocycles. The summed E-state index contributed by atoms with van der Waals surface area (Å²) in [5.41, 5.74) is 5.67. The van der Waals surface area contributed by atoms with Crippen LogP contribution in [0.1, 0.15) is 12.3 Å². The Labute approximate surface area is 297 Å². The molecule has 0 aliphatic rings. The SMILES string of the molecule is [2H]c1c([2H])c([2H])c(-c2ccc(-c3c([2H])c([2H])c([2H])c([2H])c3-c3c4ccccc4c(-c4ccc5c(c4)oc4cc6ccccc6cc45)c4ccccc34)cc2)c([2H])c1[2H]. The first kappa shape index (κ1) is 20.0. The Kier molecular flexibility index (Phi) is 4.53. The van der Waals surface area contributed by atoms with E-state index in [4.69, 9.17) is 14.0 Å². The molecule has 0 unspecified atom stereocenters. The molecule has 228 valence electrons. The van der Waals surface area contributed by atoms with Crippen LogP contribution in [-0.2, 0) is 0 Å². The zero-order valence-corrected chi connectivity index (χ0v) is 26.0. The van der Waals surface area contributed by atoms with Gasteiger partial charge in [0.2, 0.25) is 0 Å². The van der Waals surface area contributed by atoms with E-state index in [1.54, 1.807) is 24.3 Å². The molecule has 9 aromatic carbocycles. The molecule has 10 aromatic rings. The summed E-state index contributed by atoms with van der Waals surface area (Å²) in [5.74, 6) is 0. The lowest BCUT2D eigenvalue weighted by Gasteiger charge is -2.19. The normalized spacial score (nSPS) is 14.2. The molecule has 0 amide bonds. The fraction of sp³-hybridized carbons (Fsp3) is 0. The molecule has 0 saturated heterocycles. The van der Waals surface area contributed by atoms with Gasteiger partial charge in [0.25, 0.3) is 0 Å². The van der Waals surface area contributed by atoms with Crippen LogP contribution in [0.4, 0.5) is 0 Å². The minimum atomic E-state index is -0.477. The van der Waals surface area contributed by atoms with Crippen molar-refractivity contribution in [1.29, 1.82) is 0 Å². The van der Waals surface area contributed by atoms with Gasteiger partial charge < -0.3 is 4.42 Å².